The van der Waals surface area contributed by atoms with Crippen LogP contribution in [0, 0.1) is 0 Å². The highest BCUT2D eigenvalue weighted by molar-refractivity contribution is 4.65. The molecule has 0 aromatic rings. The summed E-state index contributed by atoms with van der Waals surface area (Å²) in [5.74, 6) is 0. The third-order valence-corrected chi connectivity index (χ3v) is 2.02. The van der Waals surface area contributed by atoms with Gasteiger partial charge in [-0.3, -0.25) is 9.80 Å². The minimum absolute atomic E-state index is 0.246. The van der Waals surface area contributed by atoms with Crippen LogP contribution in [-0.2, 0) is 0 Å². The standard InChI is InChI=1S/C9H22N2O/c1-6-9(10(3)4)11(5)7-8(2)12/h8-9,12H,6-7H2,1-5H3. The van der Waals surface area contributed by atoms with E-state index in [1.807, 2.05) is 14.0 Å². The number of hydrogen-bond donors (Lipinski definition) is 1. The van der Waals surface area contributed by atoms with Gasteiger partial charge in [0.25, 0.3) is 0 Å². The number of aliphatic hydroxyl groups excluding tert-OH is 1. The maximum Gasteiger partial charge on any atom is 0.0639 e. The SMILES string of the molecule is CCC(N(C)C)N(C)CC(C)O. The monoisotopic (exact) mass is 174 g/mol. The fourth-order valence-electron chi connectivity index (χ4n) is 1.61. The van der Waals surface area contributed by atoms with Gasteiger partial charge in [-0.2, -0.15) is 0 Å². The molecule has 0 amide bonds. The van der Waals surface area contributed by atoms with E-state index in [2.05, 4.69) is 30.8 Å². The van der Waals surface area contributed by atoms with Gasteiger partial charge in [-0.15, -0.1) is 0 Å². The second kappa shape index (κ2) is 5.51. The summed E-state index contributed by atoms with van der Waals surface area (Å²) in [6.45, 7) is 4.71. The molecule has 0 aliphatic rings. The van der Waals surface area contributed by atoms with Crippen molar-refractivity contribution in [2.75, 3.05) is 27.7 Å². The predicted octanol–water partition coefficient (Wildman–Crippen LogP) is 0.597. The van der Waals surface area contributed by atoms with E-state index in [1.54, 1.807) is 0 Å². The Bertz CT molecular complexity index is 115. The molecule has 0 heterocycles. The Morgan fingerprint density at radius 1 is 1.25 bits per heavy atom. The summed E-state index contributed by atoms with van der Waals surface area (Å²) >= 11 is 0. The van der Waals surface area contributed by atoms with Crippen LogP contribution in [-0.4, -0.2) is 54.9 Å². The molecule has 74 valence electrons. The number of hydrogen-bond acceptors (Lipinski definition) is 3. The first-order valence-corrected chi connectivity index (χ1v) is 4.53. The van der Waals surface area contributed by atoms with Crippen LogP contribution in [0.3, 0.4) is 0 Å². The van der Waals surface area contributed by atoms with Gasteiger partial charge >= 0.3 is 0 Å². The average molecular weight is 174 g/mol. The zero-order chi connectivity index (χ0) is 9.72. The van der Waals surface area contributed by atoms with Crippen LogP contribution in [0.4, 0.5) is 0 Å². The lowest BCUT2D eigenvalue weighted by Crippen LogP contribution is -2.44. The van der Waals surface area contributed by atoms with Crippen LogP contribution in [0.25, 0.3) is 0 Å². The molecule has 0 saturated heterocycles. The van der Waals surface area contributed by atoms with Gasteiger partial charge < -0.3 is 5.11 Å². The van der Waals surface area contributed by atoms with Crippen LogP contribution in [0.5, 0.6) is 0 Å². The van der Waals surface area contributed by atoms with Gasteiger partial charge in [-0.1, -0.05) is 6.92 Å². The molecule has 12 heavy (non-hydrogen) atoms. The van der Waals surface area contributed by atoms with Crippen LogP contribution in [0.15, 0.2) is 0 Å². The Balaban J connectivity index is 3.94. The Morgan fingerprint density at radius 3 is 2.00 bits per heavy atom. The molecule has 0 aliphatic carbocycles. The Morgan fingerprint density at radius 2 is 1.75 bits per heavy atom. The zero-order valence-electron chi connectivity index (χ0n) is 8.91. The van der Waals surface area contributed by atoms with Gasteiger partial charge in [0.15, 0.2) is 0 Å². The summed E-state index contributed by atoms with van der Waals surface area (Å²) in [6.07, 6.45) is 1.26. The first-order chi connectivity index (χ1) is 5.49. The molecule has 0 aromatic heterocycles. The molecular weight excluding hydrogens is 152 g/mol. The Kier molecular flexibility index (Phi) is 5.46. The third kappa shape index (κ3) is 4.04. The number of nitrogens with zero attached hydrogens (tertiary/aromatic N) is 2. The molecule has 3 nitrogen and oxygen atoms in total. The predicted molar refractivity (Wildman–Crippen MR) is 52.1 cm³/mol. The molecule has 0 rings (SSSR count). The zero-order valence-corrected chi connectivity index (χ0v) is 8.91. The lowest BCUT2D eigenvalue weighted by Gasteiger charge is -2.33. The quantitative estimate of drug-likeness (QED) is 0.618. The minimum atomic E-state index is -0.246. The lowest BCUT2D eigenvalue weighted by atomic mass is 10.3. The molecular formula is C9H22N2O. The highest BCUT2D eigenvalue weighted by Crippen LogP contribution is 2.04. The van der Waals surface area contributed by atoms with Crippen molar-refractivity contribution >= 4 is 0 Å². The van der Waals surface area contributed by atoms with Gasteiger partial charge in [0.2, 0.25) is 0 Å². The molecule has 0 bridgehead atoms. The Hall–Kier alpha value is -0.120. The van der Waals surface area contributed by atoms with E-state index in [9.17, 15) is 5.11 Å². The maximum atomic E-state index is 9.19. The topological polar surface area (TPSA) is 26.7 Å². The van der Waals surface area contributed by atoms with E-state index in [0.29, 0.717) is 6.17 Å². The van der Waals surface area contributed by atoms with E-state index < -0.39 is 0 Å². The van der Waals surface area contributed by atoms with Crippen molar-refractivity contribution in [3.63, 3.8) is 0 Å². The van der Waals surface area contributed by atoms with E-state index in [-0.39, 0.29) is 6.10 Å². The van der Waals surface area contributed by atoms with Crippen molar-refractivity contribution in [2.24, 2.45) is 0 Å². The van der Waals surface area contributed by atoms with E-state index in [0.717, 1.165) is 13.0 Å². The third-order valence-electron chi connectivity index (χ3n) is 2.02. The summed E-state index contributed by atoms with van der Waals surface area (Å²) < 4.78 is 0. The molecule has 0 radical (unpaired) electrons. The lowest BCUT2D eigenvalue weighted by molar-refractivity contribution is 0.0555. The second-order valence-corrected chi connectivity index (χ2v) is 3.64. The van der Waals surface area contributed by atoms with Crippen molar-refractivity contribution in [1.29, 1.82) is 0 Å². The van der Waals surface area contributed by atoms with E-state index in [4.69, 9.17) is 0 Å². The molecule has 0 aliphatic heterocycles. The fourth-order valence-corrected chi connectivity index (χ4v) is 1.61. The summed E-state index contributed by atoms with van der Waals surface area (Å²) in [6, 6.07) is 0. The van der Waals surface area contributed by atoms with Crippen molar-refractivity contribution < 1.29 is 5.11 Å². The molecule has 0 fully saturated rings. The molecule has 3 heteroatoms. The van der Waals surface area contributed by atoms with Gasteiger partial charge in [0, 0.05) is 6.54 Å². The first kappa shape index (κ1) is 11.9. The number of rotatable bonds is 5. The summed E-state index contributed by atoms with van der Waals surface area (Å²) in [4.78, 5) is 4.34. The van der Waals surface area contributed by atoms with Crippen LogP contribution in [0.1, 0.15) is 20.3 Å². The Labute approximate surface area is 76.0 Å². The molecule has 0 aromatic carbocycles. The maximum absolute atomic E-state index is 9.19. The largest absolute Gasteiger partial charge is 0.392 e. The van der Waals surface area contributed by atoms with Crippen LogP contribution >= 0.6 is 0 Å². The van der Waals surface area contributed by atoms with Crippen molar-refractivity contribution in [3.05, 3.63) is 0 Å². The minimum Gasteiger partial charge on any atom is -0.392 e. The summed E-state index contributed by atoms with van der Waals surface area (Å²) in [7, 11) is 6.17. The van der Waals surface area contributed by atoms with Gasteiger partial charge in [0.1, 0.15) is 0 Å². The van der Waals surface area contributed by atoms with Crippen LogP contribution in [0.2, 0.25) is 0 Å². The fraction of sp³-hybridized carbons (Fsp3) is 1.00. The highest BCUT2D eigenvalue weighted by atomic mass is 16.3. The van der Waals surface area contributed by atoms with E-state index >= 15 is 0 Å². The molecule has 1 N–H and O–H groups in total. The van der Waals surface area contributed by atoms with Crippen LogP contribution < -0.4 is 0 Å². The second-order valence-electron chi connectivity index (χ2n) is 3.64. The molecule has 2 atom stereocenters. The van der Waals surface area contributed by atoms with Crippen molar-refractivity contribution in [3.8, 4) is 0 Å². The average Bonchev–Trinajstić information content (AvgIpc) is 1.85. The van der Waals surface area contributed by atoms with Crippen molar-refractivity contribution in [1.82, 2.24) is 9.80 Å². The molecule has 0 spiro atoms. The smallest absolute Gasteiger partial charge is 0.0639 e. The van der Waals surface area contributed by atoms with Gasteiger partial charge in [0.05, 0.1) is 12.3 Å². The first-order valence-electron chi connectivity index (χ1n) is 4.53. The molecule has 2 unspecified atom stereocenters. The van der Waals surface area contributed by atoms with Crippen molar-refractivity contribution in [2.45, 2.75) is 32.5 Å². The summed E-state index contributed by atoms with van der Waals surface area (Å²) in [5.41, 5.74) is 0. The highest BCUT2D eigenvalue weighted by Gasteiger charge is 2.15. The normalized spacial score (nSPS) is 17.0. The number of likely N-dealkylation sites (N-methyl/N-ethyl adjacent to an activating group) is 1. The van der Waals surface area contributed by atoms with Gasteiger partial charge in [-0.25, -0.2) is 0 Å². The number of aliphatic hydroxyl groups is 1. The molecule has 0 saturated carbocycles. The summed E-state index contributed by atoms with van der Waals surface area (Å²) in [5, 5.41) is 9.19. The van der Waals surface area contributed by atoms with Gasteiger partial charge in [-0.05, 0) is 34.5 Å². The van der Waals surface area contributed by atoms with E-state index in [1.165, 1.54) is 0 Å².